The van der Waals surface area contributed by atoms with Crippen LogP contribution in [0.5, 0.6) is 0 Å². The summed E-state index contributed by atoms with van der Waals surface area (Å²) in [5.41, 5.74) is -5.65. The third kappa shape index (κ3) is 8.12. The minimum absolute atomic E-state index is 0.714. The third-order valence-corrected chi connectivity index (χ3v) is 1.89. The number of urea groups is 1. The maximum atomic E-state index is 10.7. The Labute approximate surface area is 104 Å². The summed E-state index contributed by atoms with van der Waals surface area (Å²) in [6.45, 7) is 2.69. The molecule has 10 heteroatoms. The van der Waals surface area contributed by atoms with Crippen LogP contribution in [0.3, 0.4) is 0 Å². The van der Waals surface area contributed by atoms with Gasteiger partial charge in [-0.25, -0.2) is 12.8 Å². The summed E-state index contributed by atoms with van der Waals surface area (Å²) < 4.78 is 64.2. The van der Waals surface area contributed by atoms with Crippen molar-refractivity contribution in [2.45, 2.75) is 12.4 Å². The molecule has 0 radical (unpaired) electrons. The molecule has 0 aromatic carbocycles. The Hall–Kier alpha value is -1.03. The van der Waals surface area contributed by atoms with Crippen molar-refractivity contribution in [3.63, 3.8) is 0 Å². The fraction of sp³-hybridized carbons (Fsp3) is 0.875. The molecule has 0 saturated carbocycles. The zero-order chi connectivity index (χ0) is 15.1. The van der Waals surface area contributed by atoms with E-state index in [4.69, 9.17) is 17.4 Å². The first-order chi connectivity index (χ1) is 7.84. The maximum absolute atomic E-state index is 10.7. The summed E-state index contributed by atoms with van der Waals surface area (Å²) in [5, 5.41) is 0. The molecule has 0 spiro atoms. The van der Waals surface area contributed by atoms with Gasteiger partial charge in [0.05, 0.1) is 0 Å². The van der Waals surface area contributed by atoms with Crippen LogP contribution in [0.1, 0.15) is 6.92 Å². The predicted molar refractivity (Wildman–Crippen MR) is 59.1 cm³/mol. The van der Waals surface area contributed by atoms with Crippen molar-refractivity contribution in [2.75, 3.05) is 34.8 Å². The van der Waals surface area contributed by atoms with Crippen molar-refractivity contribution in [1.29, 1.82) is 0 Å². The number of halogens is 3. The maximum Gasteiger partial charge on any atom is 0.504 e. The van der Waals surface area contributed by atoms with Crippen molar-refractivity contribution < 1.29 is 30.6 Å². The van der Waals surface area contributed by atoms with Crippen molar-refractivity contribution >= 4 is 16.1 Å². The summed E-state index contributed by atoms with van der Waals surface area (Å²) in [7, 11) is 1.76. The number of carbonyl (C=O) groups excluding carboxylic acids is 1. The van der Waals surface area contributed by atoms with Gasteiger partial charge in [-0.1, -0.05) is 0 Å². The molecule has 0 saturated heterocycles. The average molecular weight is 294 g/mol. The van der Waals surface area contributed by atoms with Gasteiger partial charge >= 0.3 is 11.5 Å². The molecule has 0 atom stereocenters. The van der Waals surface area contributed by atoms with Crippen LogP contribution < -0.4 is 0 Å². The molecule has 0 rings (SSSR count). The van der Waals surface area contributed by atoms with Crippen LogP contribution in [0.25, 0.3) is 0 Å². The topological polar surface area (TPSA) is 75.0 Å². The highest BCUT2D eigenvalue weighted by atomic mass is 32.2. The third-order valence-electron chi connectivity index (χ3n) is 1.32. The van der Waals surface area contributed by atoms with Crippen LogP contribution in [0, 0.1) is 0 Å². The minimum Gasteiger partial charge on any atom is -0.741 e. The fourth-order valence-electron chi connectivity index (χ4n) is 0.787. The van der Waals surface area contributed by atoms with Crippen LogP contribution >= 0.6 is 0 Å². The van der Waals surface area contributed by atoms with Gasteiger partial charge in [-0.15, -0.1) is 0 Å². The first kappa shape index (κ1) is 19.3. The lowest BCUT2D eigenvalue weighted by atomic mass is 10.7. The number of alkyl halides is 3. The Kier molecular flexibility index (Phi) is 7.96. The first-order valence-corrected chi connectivity index (χ1v) is 6.12. The van der Waals surface area contributed by atoms with Crippen LogP contribution in [-0.4, -0.2) is 69.1 Å². The van der Waals surface area contributed by atoms with Crippen molar-refractivity contribution in [2.24, 2.45) is 0 Å². The van der Waals surface area contributed by atoms with Crippen molar-refractivity contribution in [3.05, 3.63) is 0 Å². The van der Waals surface area contributed by atoms with Crippen molar-refractivity contribution in [1.82, 2.24) is 9.80 Å². The largest absolute Gasteiger partial charge is 0.741 e. The van der Waals surface area contributed by atoms with Crippen LogP contribution in [-0.2, 0) is 10.1 Å². The lowest BCUT2D eigenvalue weighted by molar-refractivity contribution is -0.146. The first-order valence-electron chi connectivity index (χ1n) is 4.71. The van der Waals surface area contributed by atoms with Crippen LogP contribution in [0.15, 0.2) is 0 Å². The lowest BCUT2D eigenvalue weighted by Crippen LogP contribution is -2.34. The van der Waals surface area contributed by atoms with E-state index in [0.717, 1.165) is 6.03 Å². The molecule has 2 amide bonds. The number of nitrogens with zero attached hydrogens (tertiary/aromatic N) is 2. The van der Waals surface area contributed by atoms with E-state index in [2.05, 4.69) is 0 Å². The highest BCUT2D eigenvalue weighted by molar-refractivity contribution is 7.86. The number of hydrogen-bond donors (Lipinski definition) is 0. The van der Waals surface area contributed by atoms with E-state index in [1.54, 1.807) is 0 Å². The molecule has 0 aliphatic heterocycles. The number of rotatable bonds is 1. The molecule has 110 valence electrons. The van der Waals surface area contributed by atoms with E-state index >= 15 is 0 Å². The molecule has 0 aromatic heterocycles. The Morgan fingerprint density at radius 3 is 1.50 bits per heavy atom. The molecule has 0 aliphatic rings. The summed E-state index contributed by atoms with van der Waals surface area (Å²) >= 11 is 0. The van der Waals surface area contributed by atoms with Gasteiger partial charge in [0.25, 0.3) is 6.61 Å². The average Bonchev–Trinajstić information content (AvgIpc) is 2.10. The van der Waals surface area contributed by atoms with Crippen LogP contribution in [0.2, 0.25) is 0 Å². The second-order valence-electron chi connectivity index (χ2n) is 3.40. The smallest absolute Gasteiger partial charge is 0.504 e. The normalized spacial score (nSPS) is 11.2. The summed E-state index contributed by atoms with van der Waals surface area (Å²) in [4.78, 5) is 3.90. The number of amides is 2. The van der Waals surface area contributed by atoms with E-state index in [0.29, 0.717) is 6.61 Å². The van der Waals surface area contributed by atoms with Gasteiger partial charge < -0.3 is 4.55 Å². The van der Waals surface area contributed by atoms with E-state index in [9.17, 15) is 13.2 Å². The quantitative estimate of drug-likeness (QED) is 0.408. The van der Waals surface area contributed by atoms with Gasteiger partial charge in [0, 0.05) is 35.1 Å². The van der Waals surface area contributed by atoms with E-state index < -0.39 is 15.6 Å². The van der Waals surface area contributed by atoms with E-state index in [1.165, 1.54) is 0 Å². The van der Waals surface area contributed by atoms with Gasteiger partial charge in [0.1, 0.15) is 0 Å². The molecule has 0 N–H and O–H groups in total. The molecule has 0 aromatic rings. The van der Waals surface area contributed by atoms with E-state index in [-0.39, 0.29) is 0 Å². The Morgan fingerprint density at radius 2 is 1.44 bits per heavy atom. The molecule has 18 heavy (non-hydrogen) atoms. The SMILES string of the molecule is CC[O+]=C(N(C)C)N(C)C.O=S(=O)([O-])C(F)(F)F. The van der Waals surface area contributed by atoms with E-state index in [1.807, 2.05) is 44.9 Å². The second kappa shape index (κ2) is 7.41. The molecule has 0 fully saturated rings. The second-order valence-corrected chi connectivity index (χ2v) is 4.78. The van der Waals surface area contributed by atoms with Gasteiger partial charge in [0.15, 0.2) is 10.1 Å². The highest BCUT2D eigenvalue weighted by Crippen LogP contribution is 2.20. The zero-order valence-electron chi connectivity index (χ0n) is 10.8. The predicted octanol–water partition coefficient (Wildman–Crippen LogP) is 0.837. The fourth-order valence-corrected chi connectivity index (χ4v) is 0.787. The summed E-state index contributed by atoms with van der Waals surface area (Å²) in [6.07, 6.45) is 0. The molecule has 0 bridgehead atoms. The Bertz CT molecular complexity index is 353. The Balaban J connectivity index is 0. The van der Waals surface area contributed by atoms with Gasteiger partial charge in [-0.3, -0.25) is 9.80 Å². The molecule has 0 unspecified atom stereocenters. The van der Waals surface area contributed by atoms with Gasteiger partial charge in [-0.05, 0) is 0 Å². The molecular weight excluding hydrogens is 277 g/mol. The molecule has 0 aliphatic carbocycles. The monoisotopic (exact) mass is 294 g/mol. The van der Waals surface area contributed by atoms with Gasteiger partial charge in [0.2, 0.25) is 0 Å². The standard InChI is InChI=1S/C7H17N2O.CHF3O3S/c1-6-10-7(8(2)3)9(4)5;2-1(3,4)8(5,6)7/h6H2,1-5H3;(H,5,6,7)/q+1;/p-1. The van der Waals surface area contributed by atoms with Crippen molar-refractivity contribution in [3.8, 4) is 0 Å². The van der Waals surface area contributed by atoms with Gasteiger partial charge in [-0.2, -0.15) is 13.2 Å². The minimum atomic E-state index is -6.09. The highest BCUT2D eigenvalue weighted by Gasteiger charge is 2.36. The number of hydrogen-bond acceptors (Lipinski definition) is 3. The molecule has 0 heterocycles. The summed E-state index contributed by atoms with van der Waals surface area (Å²) in [5.74, 6) is 0. The Morgan fingerprint density at radius 1 is 1.17 bits per heavy atom. The summed E-state index contributed by atoms with van der Waals surface area (Å²) in [6, 6.07) is 0.891. The zero-order valence-corrected chi connectivity index (χ0v) is 11.6. The molecular formula is C8H17F3N2O4S. The molecule has 6 nitrogen and oxygen atoms in total. The lowest BCUT2D eigenvalue weighted by Gasteiger charge is -2.11. The van der Waals surface area contributed by atoms with Crippen LogP contribution in [0.4, 0.5) is 17.6 Å².